The number of urea groups is 1. The van der Waals surface area contributed by atoms with Crippen molar-refractivity contribution in [2.45, 2.75) is 65.0 Å². The summed E-state index contributed by atoms with van der Waals surface area (Å²) in [6.07, 6.45) is 4.78. The van der Waals surface area contributed by atoms with Gasteiger partial charge in [0, 0.05) is 38.8 Å². The number of rotatable bonds is 3. The summed E-state index contributed by atoms with van der Waals surface area (Å²) in [6, 6.07) is 0.381. The van der Waals surface area contributed by atoms with E-state index in [1.165, 1.54) is 19.3 Å². The van der Waals surface area contributed by atoms with E-state index in [1.54, 1.807) is 0 Å². The van der Waals surface area contributed by atoms with Crippen LogP contribution in [-0.2, 0) is 0 Å². The lowest BCUT2D eigenvalue weighted by molar-refractivity contribution is 0.0219. The van der Waals surface area contributed by atoms with Gasteiger partial charge in [-0.05, 0) is 32.1 Å². The fourth-order valence-corrected chi connectivity index (χ4v) is 3.66. The van der Waals surface area contributed by atoms with Gasteiger partial charge < -0.3 is 15.3 Å². The van der Waals surface area contributed by atoms with E-state index in [0.29, 0.717) is 12.6 Å². The van der Waals surface area contributed by atoms with E-state index >= 15 is 0 Å². The van der Waals surface area contributed by atoms with E-state index in [1.807, 2.05) is 18.7 Å². The van der Waals surface area contributed by atoms with E-state index in [0.717, 1.165) is 32.6 Å². The van der Waals surface area contributed by atoms with Gasteiger partial charge in [-0.2, -0.15) is 0 Å². The predicted octanol–water partition coefficient (Wildman–Crippen LogP) is 2.05. The first kappa shape index (κ1) is 17.5. The molecule has 2 aliphatic rings. The third-order valence-corrected chi connectivity index (χ3v) is 5.07. The van der Waals surface area contributed by atoms with Gasteiger partial charge in [-0.1, -0.05) is 26.7 Å². The third-order valence-electron chi connectivity index (χ3n) is 5.07. The second kappa shape index (κ2) is 6.75. The Labute approximate surface area is 135 Å². The van der Waals surface area contributed by atoms with Crippen LogP contribution in [0.3, 0.4) is 0 Å². The number of carbonyl (C=O) groups excluding carboxylic acids is 1. The molecule has 22 heavy (non-hydrogen) atoms. The zero-order valence-electron chi connectivity index (χ0n) is 14.7. The molecule has 128 valence electrons. The summed E-state index contributed by atoms with van der Waals surface area (Å²) in [4.78, 5) is 16.6. The predicted molar refractivity (Wildman–Crippen MR) is 88.9 cm³/mol. The first-order valence-corrected chi connectivity index (χ1v) is 8.68. The molecule has 1 heterocycles. The molecule has 1 saturated heterocycles. The highest BCUT2D eigenvalue weighted by Crippen LogP contribution is 2.35. The summed E-state index contributed by atoms with van der Waals surface area (Å²) < 4.78 is 0. The van der Waals surface area contributed by atoms with E-state index in [9.17, 15) is 9.90 Å². The normalized spacial score (nSPS) is 26.8. The summed E-state index contributed by atoms with van der Waals surface area (Å²) in [7, 11) is 0. The van der Waals surface area contributed by atoms with Crippen molar-refractivity contribution in [3.8, 4) is 0 Å². The Hall–Kier alpha value is -0.810. The first-order chi connectivity index (χ1) is 10.2. The number of aliphatic hydroxyl groups is 1. The zero-order chi connectivity index (χ0) is 16.4. The lowest BCUT2D eigenvalue weighted by Crippen LogP contribution is -2.57. The molecule has 0 aromatic heterocycles. The maximum Gasteiger partial charge on any atom is 0.317 e. The number of amides is 2. The van der Waals surface area contributed by atoms with Gasteiger partial charge in [-0.25, -0.2) is 4.79 Å². The molecular weight excluding hydrogens is 278 g/mol. The number of nitrogens with zero attached hydrogens (tertiary/aromatic N) is 2. The molecule has 2 N–H and O–H groups in total. The van der Waals surface area contributed by atoms with Gasteiger partial charge in [-0.3, -0.25) is 4.90 Å². The van der Waals surface area contributed by atoms with Gasteiger partial charge in [0.05, 0.1) is 5.60 Å². The highest BCUT2D eigenvalue weighted by Gasteiger charge is 2.34. The van der Waals surface area contributed by atoms with Gasteiger partial charge >= 0.3 is 6.03 Å². The summed E-state index contributed by atoms with van der Waals surface area (Å²) in [5.41, 5.74) is -0.465. The van der Waals surface area contributed by atoms with Crippen molar-refractivity contribution in [3.05, 3.63) is 0 Å². The van der Waals surface area contributed by atoms with Crippen LogP contribution in [0, 0.1) is 5.41 Å². The van der Waals surface area contributed by atoms with Crippen LogP contribution in [0.1, 0.15) is 53.4 Å². The number of carbonyl (C=O) groups is 1. The minimum atomic E-state index is -0.670. The van der Waals surface area contributed by atoms with E-state index in [4.69, 9.17) is 0 Å². The lowest BCUT2D eigenvalue weighted by atomic mass is 9.73. The lowest BCUT2D eigenvalue weighted by Gasteiger charge is -2.42. The summed E-state index contributed by atoms with van der Waals surface area (Å²) in [6.45, 7) is 12.0. The van der Waals surface area contributed by atoms with Crippen LogP contribution in [-0.4, -0.2) is 65.3 Å². The van der Waals surface area contributed by atoms with Crippen LogP contribution >= 0.6 is 0 Å². The summed E-state index contributed by atoms with van der Waals surface area (Å²) in [5, 5.41) is 13.1. The number of hydrogen-bond donors (Lipinski definition) is 2. The molecule has 0 bridgehead atoms. The van der Waals surface area contributed by atoms with Crippen LogP contribution < -0.4 is 5.32 Å². The second-order valence-corrected chi connectivity index (χ2v) is 8.31. The SMILES string of the molecule is CC(C)(O)CN1CCN(C(=O)N[C@H]2CCCCC2(C)C)CC1. The summed E-state index contributed by atoms with van der Waals surface area (Å²) >= 11 is 0. The van der Waals surface area contributed by atoms with Crippen molar-refractivity contribution in [3.63, 3.8) is 0 Å². The highest BCUT2D eigenvalue weighted by atomic mass is 16.3. The molecule has 1 aliphatic heterocycles. The molecule has 0 radical (unpaired) electrons. The molecule has 1 aliphatic carbocycles. The van der Waals surface area contributed by atoms with Gasteiger partial charge in [0.25, 0.3) is 0 Å². The van der Waals surface area contributed by atoms with Crippen molar-refractivity contribution >= 4 is 6.03 Å². The second-order valence-electron chi connectivity index (χ2n) is 8.31. The molecule has 2 rings (SSSR count). The highest BCUT2D eigenvalue weighted by molar-refractivity contribution is 5.74. The minimum absolute atomic E-state index is 0.0860. The molecule has 0 unspecified atom stereocenters. The largest absolute Gasteiger partial charge is 0.389 e. The number of nitrogens with one attached hydrogen (secondary N) is 1. The Kier molecular flexibility index (Phi) is 5.38. The van der Waals surface area contributed by atoms with E-state index < -0.39 is 5.60 Å². The van der Waals surface area contributed by atoms with Crippen molar-refractivity contribution < 1.29 is 9.90 Å². The minimum Gasteiger partial charge on any atom is -0.389 e. The average molecular weight is 311 g/mol. The van der Waals surface area contributed by atoms with Gasteiger partial charge in [0.2, 0.25) is 0 Å². The Balaban J connectivity index is 1.80. The molecule has 2 amide bonds. The van der Waals surface area contributed by atoms with Gasteiger partial charge in [0.1, 0.15) is 0 Å². The maximum atomic E-state index is 12.5. The van der Waals surface area contributed by atoms with Crippen LogP contribution in [0.2, 0.25) is 0 Å². The van der Waals surface area contributed by atoms with E-state index in [2.05, 4.69) is 24.1 Å². The quantitative estimate of drug-likeness (QED) is 0.839. The maximum absolute atomic E-state index is 12.5. The smallest absolute Gasteiger partial charge is 0.317 e. The van der Waals surface area contributed by atoms with Gasteiger partial charge in [-0.15, -0.1) is 0 Å². The van der Waals surface area contributed by atoms with Gasteiger partial charge in [0.15, 0.2) is 0 Å². The standard InChI is InChI=1S/C17H33N3O2/c1-16(2)8-6-5-7-14(16)18-15(21)20-11-9-19(10-12-20)13-17(3,4)22/h14,22H,5-13H2,1-4H3,(H,18,21)/t14-/m0/s1. The monoisotopic (exact) mass is 311 g/mol. The third kappa shape index (κ3) is 4.85. The van der Waals surface area contributed by atoms with Crippen molar-refractivity contribution in [2.75, 3.05) is 32.7 Å². The molecule has 2 fully saturated rings. The fraction of sp³-hybridized carbons (Fsp3) is 0.941. The Morgan fingerprint density at radius 1 is 1.23 bits per heavy atom. The van der Waals surface area contributed by atoms with Crippen molar-refractivity contribution in [1.29, 1.82) is 0 Å². The fourth-order valence-electron chi connectivity index (χ4n) is 3.66. The Bertz CT molecular complexity index is 382. The summed E-state index contributed by atoms with van der Waals surface area (Å²) in [5.74, 6) is 0. The Morgan fingerprint density at radius 2 is 1.86 bits per heavy atom. The average Bonchev–Trinajstić information content (AvgIpc) is 2.40. The molecule has 5 nitrogen and oxygen atoms in total. The molecule has 0 aromatic carbocycles. The number of hydrogen-bond acceptors (Lipinski definition) is 3. The Morgan fingerprint density at radius 3 is 2.41 bits per heavy atom. The van der Waals surface area contributed by atoms with Crippen LogP contribution in [0.15, 0.2) is 0 Å². The first-order valence-electron chi connectivity index (χ1n) is 8.68. The number of β-amino-alcohol motifs (C(OH)–C–C–N with tert-alkyl or cyclic N) is 1. The molecular formula is C17H33N3O2. The zero-order valence-corrected chi connectivity index (χ0v) is 14.7. The van der Waals surface area contributed by atoms with Crippen LogP contribution in [0.5, 0.6) is 0 Å². The van der Waals surface area contributed by atoms with Crippen LogP contribution in [0.25, 0.3) is 0 Å². The van der Waals surface area contributed by atoms with Crippen LogP contribution in [0.4, 0.5) is 4.79 Å². The van der Waals surface area contributed by atoms with E-state index in [-0.39, 0.29) is 11.4 Å². The number of piperazine rings is 1. The van der Waals surface area contributed by atoms with Crippen molar-refractivity contribution in [1.82, 2.24) is 15.1 Å². The molecule has 0 spiro atoms. The molecule has 5 heteroatoms. The topological polar surface area (TPSA) is 55.8 Å². The molecule has 1 atom stereocenters. The molecule has 1 saturated carbocycles. The molecule has 0 aromatic rings. The van der Waals surface area contributed by atoms with Crippen molar-refractivity contribution in [2.24, 2.45) is 5.41 Å².